The van der Waals surface area contributed by atoms with Crippen LogP contribution in [0.4, 0.5) is 5.69 Å². The fraction of sp³-hybridized carbons (Fsp3) is 0.0952. The summed E-state index contributed by atoms with van der Waals surface area (Å²) >= 11 is 14.0. The van der Waals surface area contributed by atoms with Crippen molar-refractivity contribution in [3.05, 3.63) is 94.0 Å². The van der Waals surface area contributed by atoms with E-state index in [-0.39, 0.29) is 5.25 Å². The summed E-state index contributed by atoms with van der Waals surface area (Å²) in [5.41, 5.74) is 4.47. The predicted molar refractivity (Wildman–Crippen MR) is 109 cm³/mol. The Hall–Kier alpha value is -1.74. The maximum Gasteiger partial charge on any atom is 0.0769 e. The minimum absolute atomic E-state index is 0.287. The van der Waals surface area contributed by atoms with Crippen LogP contribution < -0.4 is 0 Å². The van der Waals surface area contributed by atoms with Crippen molar-refractivity contribution in [2.45, 2.75) is 16.6 Å². The molecule has 1 aliphatic rings. The quantitative estimate of drug-likeness (QED) is 0.450. The molecule has 4 heteroatoms. The van der Waals surface area contributed by atoms with Gasteiger partial charge in [0.1, 0.15) is 0 Å². The summed E-state index contributed by atoms with van der Waals surface area (Å²) in [5.74, 6) is 0. The van der Waals surface area contributed by atoms with E-state index >= 15 is 0 Å². The second-order valence-electron chi connectivity index (χ2n) is 5.90. The Kier molecular flexibility index (Phi) is 4.85. The third-order valence-electron chi connectivity index (χ3n) is 4.19. The van der Waals surface area contributed by atoms with E-state index in [1.54, 1.807) is 0 Å². The molecule has 1 unspecified atom stereocenters. The van der Waals surface area contributed by atoms with Crippen molar-refractivity contribution in [1.29, 1.82) is 0 Å². The van der Waals surface area contributed by atoms with Gasteiger partial charge in [-0.2, -0.15) is 0 Å². The molecule has 0 N–H and O–H groups in total. The summed E-state index contributed by atoms with van der Waals surface area (Å²) in [6, 6.07) is 24.3. The van der Waals surface area contributed by atoms with Gasteiger partial charge in [-0.3, -0.25) is 4.99 Å². The number of hydrogen-bond donors (Lipinski definition) is 0. The lowest BCUT2D eigenvalue weighted by Gasteiger charge is -2.16. The van der Waals surface area contributed by atoms with Gasteiger partial charge in [-0.05, 0) is 47.5 Å². The van der Waals surface area contributed by atoms with Crippen LogP contribution in [-0.4, -0.2) is 5.71 Å². The molecule has 0 radical (unpaired) electrons. The van der Waals surface area contributed by atoms with Crippen molar-refractivity contribution in [1.82, 2.24) is 0 Å². The standard InChI is InChI=1S/C21H15Cl2NS/c22-16-9-5-14(6-10-16)19-13-21(15-7-11-17(23)12-8-15)25-20-4-2-1-3-18(20)24-19/h1-12,21H,13H2. The van der Waals surface area contributed by atoms with Gasteiger partial charge in [0.2, 0.25) is 0 Å². The molecule has 0 aromatic heterocycles. The van der Waals surface area contributed by atoms with Gasteiger partial charge in [-0.15, -0.1) is 11.8 Å². The van der Waals surface area contributed by atoms with Crippen LogP contribution in [0.3, 0.4) is 0 Å². The minimum atomic E-state index is 0.287. The number of hydrogen-bond acceptors (Lipinski definition) is 2. The molecular formula is C21H15Cl2NS. The van der Waals surface area contributed by atoms with E-state index in [0.717, 1.165) is 33.4 Å². The predicted octanol–water partition coefficient (Wildman–Crippen LogP) is 7.35. The Morgan fingerprint density at radius 2 is 1.44 bits per heavy atom. The first-order valence-corrected chi connectivity index (χ1v) is 9.67. The summed E-state index contributed by atoms with van der Waals surface area (Å²) < 4.78 is 0. The van der Waals surface area contributed by atoms with Crippen LogP contribution in [0.1, 0.15) is 22.8 Å². The van der Waals surface area contributed by atoms with Crippen LogP contribution in [0, 0.1) is 0 Å². The molecule has 0 aliphatic carbocycles. The molecule has 1 aliphatic heterocycles. The van der Waals surface area contributed by atoms with Crippen molar-refractivity contribution in [2.24, 2.45) is 4.99 Å². The Morgan fingerprint density at radius 1 is 0.800 bits per heavy atom. The molecule has 1 nitrogen and oxygen atoms in total. The average Bonchev–Trinajstić information content (AvgIpc) is 2.82. The second-order valence-corrected chi connectivity index (χ2v) is 8.01. The van der Waals surface area contributed by atoms with Gasteiger partial charge in [-0.25, -0.2) is 0 Å². The third-order valence-corrected chi connectivity index (χ3v) is 6.01. The van der Waals surface area contributed by atoms with E-state index in [9.17, 15) is 0 Å². The number of rotatable bonds is 2. The SMILES string of the molecule is Clc1ccc(C2=Nc3ccccc3SC(c3ccc(Cl)cc3)C2)cc1. The molecule has 3 aromatic rings. The van der Waals surface area contributed by atoms with Gasteiger partial charge < -0.3 is 0 Å². The molecule has 0 saturated carbocycles. The molecule has 3 aromatic carbocycles. The molecule has 0 spiro atoms. The summed E-state index contributed by atoms with van der Waals surface area (Å²) in [5, 5.41) is 1.78. The van der Waals surface area contributed by atoms with E-state index in [1.165, 1.54) is 10.5 Å². The van der Waals surface area contributed by atoms with Crippen molar-refractivity contribution >= 4 is 46.4 Å². The molecular weight excluding hydrogens is 369 g/mol. The molecule has 1 atom stereocenters. The molecule has 4 rings (SSSR count). The first kappa shape index (κ1) is 16.7. The number of thioether (sulfide) groups is 1. The van der Waals surface area contributed by atoms with Crippen LogP contribution in [0.25, 0.3) is 0 Å². The highest BCUT2D eigenvalue weighted by atomic mass is 35.5. The monoisotopic (exact) mass is 383 g/mol. The molecule has 0 amide bonds. The largest absolute Gasteiger partial charge is 0.252 e. The summed E-state index contributed by atoms with van der Waals surface area (Å²) in [7, 11) is 0. The number of aliphatic imine (C=N–C) groups is 1. The van der Waals surface area contributed by atoms with Crippen molar-refractivity contribution in [3.8, 4) is 0 Å². The molecule has 0 fully saturated rings. The summed E-state index contributed by atoms with van der Waals surface area (Å²) in [6.45, 7) is 0. The second kappa shape index (κ2) is 7.25. The van der Waals surface area contributed by atoms with Gasteiger partial charge in [0, 0.05) is 32.3 Å². The zero-order valence-corrected chi connectivity index (χ0v) is 15.7. The normalized spacial score (nSPS) is 16.7. The van der Waals surface area contributed by atoms with Crippen LogP contribution in [0.2, 0.25) is 10.0 Å². The van der Waals surface area contributed by atoms with Crippen LogP contribution in [0.15, 0.2) is 82.7 Å². The van der Waals surface area contributed by atoms with E-state index in [1.807, 2.05) is 54.2 Å². The van der Waals surface area contributed by atoms with E-state index in [4.69, 9.17) is 28.2 Å². The Morgan fingerprint density at radius 3 is 2.16 bits per heavy atom. The number of para-hydroxylation sites is 1. The third kappa shape index (κ3) is 3.77. The van der Waals surface area contributed by atoms with Gasteiger partial charge in [-0.1, -0.05) is 59.6 Å². The molecule has 0 saturated heterocycles. The number of halogens is 2. The fourth-order valence-corrected chi connectivity index (χ4v) is 4.38. The zero-order valence-electron chi connectivity index (χ0n) is 13.3. The lowest BCUT2D eigenvalue weighted by Crippen LogP contribution is -2.05. The van der Waals surface area contributed by atoms with E-state index in [0.29, 0.717) is 0 Å². The number of nitrogens with zero attached hydrogens (tertiary/aromatic N) is 1. The molecule has 124 valence electrons. The lowest BCUT2D eigenvalue weighted by molar-refractivity contribution is 1.01. The highest BCUT2D eigenvalue weighted by Crippen LogP contribution is 2.45. The number of benzene rings is 3. The lowest BCUT2D eigenvalue weighted by atomic mass is 10.0. The first-order chi connectivity index (χ1) is 12.2. The van der Waals surface area contributed by atoms with Gasteiger partial charge in [0.25, 0.3) is 0 Å². The van der Waals surface area contributed by atoms with Crippen LogP contribution in [0.5, 0.6) is 0 Å². The zero-order chi connectivity index (χ0) is 17.2. The van der Waals surface area contributed by atoms with Crippen molar-refractivity contribution in [3.63, 3.8) is 0 Å². The minimum Gasteiger partial charge on any atom is -0.252 e. The smallest absolute Gasteiger partial charge is 0.0769 e. The van der Waals surface area contributed by atoms with Crippen molar-refractivity contribution < 1.29 is 0 Å². The highest BCUT2D eigenvalue weighted by molar-refractivity contribution is 7.99. The topological polar surface area (TPSA) is 12.4 Å². The average molecular weight is 384 g/mol. The Bertz CT molecular complexity index is 917. The van der Waals surface area contributed by atoms with Gasteiger partial charge in [0.15, 0.2) is 0 Å². The first-order valence-electron chi connectivity index (χ1n) is 8.04. The highest BCUT2D eigenvalue weighted by Gasteiger charge is 2.22. The van der Waals surface area contributed by atoms with Crippen LogP contribution in [-0.2, 0) is 0 Å². The fourth-order valence-electron chi connectivity index (χ4n) is 2.90. The summed E-state index contributed by atoms with van der Waals surface area (Å²) in [6.07, 6.45) is 0.850. The van der Waals surface area contributed by atoms with Gasteiger partial charge >= 0.3 is 0 Å². The van der Waals surface area contributed by atoms with Crippen molar-refractivity contribution in [2.75, 3.05) is 0 Å². The Labute approximate surface area is 161 Å². The number of fused-ring (bicyclic) bond motifs is 1. The summed E-state index contributed by atoms with van der Waals surface area (Å²) in [4.78, 5) is 6.16. The van der Waals surface area contributed by atoms with E-state index in [2.05, 4.69) is 30.3 Å². The maximum absolute atomic E-state index is 6.06. The molecule has 1 heterocycles. The van der Waals surface area contributed by atoms with E-state index < -0.39 is 0 Å². The molecule has 0 bridgehead atoms. The Balaban J connectivity index is 1.78. The van der Waals surface area contributed by atoms with Gasteiger partial charge in [0.05, 0.1) is 5.69 Å². The maximum atomic E-state index is 6.06. The van der Waals surface area contributed by atoms with Crippen LogP contribution >= 0.6 is 35.0 Å². The molecule has 25 heavy (non-hydrogen) atoms.